The molecule has 100 valence electrons. The average Bonchev–Trinajstić information content (AvgIpc) is 2.84. The van der Waals surface area contributed by atoms with Gasteiger partial charge >= 0.3 is 5.97 Å². The molecule has 2 heterocycles. The van der Waals surface area contributed by atoms with Gasteiger partial charge in [0.2, 0.25) is 0 Å². The van der Waals surface area contributed by atoms with Crippen molar-refractivity contribution in [1.29, 1.82) is 0 Å². The van der Waals surface area contributed by atoms with Crippen LogP contribution in [-0.2, 0) is 0 Å². The van der Waals surface area contributed by atoms with Crippen LogP contribution in [0, 0.1) is 0 Å². The third-order valence-corrected chi connectivity index (χ3v) is 4.97. The highest BCUT2D eigenvalue weighted by atomic mass is 79.9. The number of nitrogens with zero attached hydrogens (tertiary/aromatic N) is 1. The van der Waals surface area contributed by atoms with Crippen LogP contribution in [0.3, 0.4) is 0 Å². The highest BCUT2D eigenvalue weighted by Crippen LogP contribution is 2.33. The molecule has 0 bridgehead atoms. The first kappa shape index (κ1) is 13.7. The predicted molar refractivity (Wildman–Crippen MR) is 87.4 cm³/mol. The first-order valence-corrected chi connectivity index (χ1v) is 8.04. The minimum Gasteiger partial charge on any atom is -0.478 e. The van der Waals surface area contributed by atoms with Crippen LogP contribution in [0.15, 0.2) is 44.7 Å². The first-order valence-electron chi connectivity index (χ1n) is 5.64. The highest BCUT2D eigenvalue weighted by Gasteiger charge is 2.14. The Morgan fingerprint density at radius 2 is 1.95 bits per heavy atom. The average molecular weight is 413 g/mol. The summed E-state index contributed by atoms with van der Waals surface area (Å²) in [5, 5.41) is 10.0. The Labute approximate surface area is 135 Å². The maximum Gasteiger partial charge on any atom is 0.336 e. The van der Waals surface area contributed by atoms with E-state index in [9.17, 15) is 9.90 Å². The van der Waals surface area contributed by atoms with Gasteiger partial charge in [-0.3, -0.25) is 0 Å². The number of aromatic nitrogens is 1. The van der Waals surface area contributed by atoms with Crippen LogP contribution in [0.5, 0.6) is 0 Å². The number of aromatic carboxylic acids is 1. The fourth-order valence-corrected chi connectivity index (χ4v) is 3.66. The Morgan fingerprint density at radius 3 is 2.60 bits per heavy atom. The van der Waals surface area contributed by atoms with Crippen molar-refractivity contribution in [3.05, 3.63) is 50.2 Å². The lowest BCUT2D eigenvalue weighted by molar-refractivity contribution is 0.0699. The molecule has 0 unspecified atom stereocenters. The summed E-state index contributed by atoms with van der Waals surface area (Å²) < 4.78 is 1.82. The van der Waals surface area contributed by atoms with E-state index in [1.54, 1.807) is 12.1 Å². The van der Waals surface area contributed by atoms with Crippen LogP contribution < -0.4 is 0 Å². The van der Waals surface area contributed by atoms with Gasteiger partial charge in [0.15, 0.2) is 0 Å². The molecule has 2 aromatic heterocycles. The van der Waals surface area contributed by atoms with E-state index in [2.05, 4.69) is 36.8 Å². The number of fused-ring (bicyclic) bond motifs is 1. The van der Waals surface area contributed by atoms with Crippen molar-refractivity contribution in [1.82, 2.24) is 4.98 Å². The van der Waals surface area contributed by atoms with Gasteiger partial charge in [-0.2, -0.15) is 0 Å². The predicted octanol–water partition coefficient (Wildman–Crippen LogP) is 5.19. The normalized spacial score (nSPS) is 10.9. The SMILES string of the molecule is O=C(O)c1cc(-c2ccc(Br)s2)nc2ccc(Br)cc12. The molecule has 0 radical (unpaired) electrons. The van der Waals surface area contributed by atoms with Crippen molar-refractivity contribution in [2.45, 2.75) is 0 Å². The molecule has 0 saturated carbocycles. The van der Waals surface area contributed by atoms with Gasteiger partial charge in [-0.05, 0) is 52.3 Å². The molecule has 0 aliphatic rings. The van der Waals surface area contributed by atoms with Crippen molar-refractivity contribution in [3.63, 3.8) is 0 Å². The molecule has 0 fully saturated rings. The largest absolute Gasteiger partial charge is 0.478 e. The third kappa shape index (κ3) is 2.51. The Bertz CT molecular complexity index is 829. The zero-order valence-corrected chi connectivity index (χ0v) is 13.9. The van der Waals surface area contributed by atoms with Crippen LogP contribution in [0.2, 0.25) is 0 Å². The Kier molecular flexibility index (Phi) is 3.62. The van der Waals surface area contributed by atoms with Gasteiger partial charge < -0.3 is 5.11 Å². The summed E-state index contributed by atoms with van der Waals surface area (Å²) in [6.07, 6.45) is 0. The van der Waals surface area contributed by atoms with Crippen LogP contribution in [0.25, 0.3) is 21.5 Å². The maximum atomic E-state index is 11.5. The number of carbonyl (C=O) groups is 1. The molecule has 6 heteroatoms. The van der Waals surface area contributed by atoms with Crippen molar-refractivity contribution in [2.24, 2.45) is 0 Å². The first-order chi connectivity index (χ1) is 9.54. The summed E-state index contributed by atoms with van der Waals surface area (Å²) in [7, 11) is 0. The van der Waals surface area contributed by atoms with E-state index < -0.39 is 5.97 Å². The number of benzene rings is 1. The molecule has 0 aliphatic carbocycles. The van der Waals surface area contributed by atoms with Gasteiger partial charge in [0.1, 0.15) is 0 Å². The molecule has 3 nitrogen and oxygen atoms in total. The van der Waals surface area contributed by atoms with E-state index in [0.29, 0.717) is 16.6 Å². The fraction of sp³-hybridized carbons (Fsp3) is 0. The van der Waals surface area contributed by atoms with Crippen molar-refractivity contribution in [2.75, 3.05) is 0 Å². The van der Waals surface area contributed by atoms with Crippen LogP contribution in [0.1, 0.15) is 10.4 Å². The number of rotatable bonds is 2. The molecule has 0 atom stereocenters. The zero-order chi connectivity index (χ0) is 14.3. The number of thiophene rings is 1. The van der Waals surface area contributed by atoms with E-state index >= 15 is 0 Å². The Balaban J connectivity index is 2.31. The standard InChI is InChI=1S/C14H7Br2NO2S/c15-7-1-2-10-8(5-7)9(14(18)19)6-11(17-10)12-3-4-13(16)20-12/h1-6H,(H,18,19). The summed E-state index contributed by atoms with van der Waals surface area (Å²) in [5.41, 5.74) is 1.61. The molecule has 0 saturated heterocycles. The second-order valence-corrected chi connectivity index (χ2v) is 7.50. The van der Waals surface area contributed by atoms with Gasteiger partial charge in [0.25, 0.3) is 0 Å². The number of carboxylic acid groups (broad SMARTS) is 1. The van der Waals surface area contributed by atoms with E-state index in [1.807, 2.05) is 24.3 Å². The number of pyridine rings is 1. The van der Waals surface area contributed by atoms with Crippen molar-refractivity contribution in [3.8, 4) is 10.6 Å². The van der Waals surface area contributed by atoms with Gasteiger partial charge in [0, 0.05) is 9.86 Å². The molecule has 20 heavy (non-hydrogen) atoms. The van der Waals surface area contributed by atoms with Gasteiger partial charge in [-0.15, -0.1) is 11.3 Å². The highest BCUT2D eigenvalue weighted by molar-refractivity contribution is 9.11. The van der Waals surface area contributed by atoms with Crippen molar-refractivity contribution < 1.29 is 9.90 Å². The minimum absolute atomic E-state index is 0.260. The molecular weight excluding hydrogens is 406 g/mol. The molecule has 3 rings (SSSR count). The zero-order valence-electron chi connectivity index (χ0n) is 9.93. The molecule has 3 aromatic rings. The van der Waals surface area contributed by atoms with E-state index in [0.717, 1.165) is 13.1 Å². The molecule has 0 amide bonds. The van der Waals surface area contributed by atoms with E-state index in [1.165, 1.54) is 11.3 Å². The van der Waals surface area contributed by atoms with E-state index in [-0.39, 0.29) is 5.56 Å². The van der Waals surface area contributed by atoms with E-state index in [4.69, 9.17) is 0 Å². The summed E-state index contributed by atoms with van der Waals surface area (Å²) in [5.74, 6) is -0.952. The fourth-order valence-electron chi connectivity index (χ4n) is 1.95. The van der Waals surface area contributed by atoms with Crippen LogP contribution >= 0.6 is 43.2 Å². The van der Waals surface area contributed by atoms with Crippen LogP contribution in [0.4, 0.5) is 0 Å². The number of carboxylic acids is 1. The molecule has 0 spiro atoms. The number of halogens is 2. The lowest BCUT2D eigenvalue weighted by Gasteiger charge is -2.06. The summed E-state index contributed by atoms with van der Waals surface area (Å²) in [4.78, 5) is 16.9. The number of hydrogen-bond donors (Lipinski definition) is 1. The molecular formula is C14H7Br2NO2S. The summed E-state index contributed by atoms with van der Waals surface area (Å²) >= 11 is 8.29. The lowest BCUT2D eigenvalue weighted by Crippen LogP contribution is -2.00. The molecule has 0 aliphatic heterocycles. The number of hydrogen-bond acceptors (Lipinski definition) is 3. The second-order valence-electron chi connectivity index (χ2n) is 4.13. The smallest absolute Gasteiger partial charge is 0.336 e. The second kappa shape index (κ2) is 5.27. The summed E-state index contributed by atoms with van der Waals surface area (Å²) in [6, 6.07) is 10.9. The Morgan fingerprint density at radius 1 is 1.15 bits per heavy atom. The van der Waals surface area contributed by atoms with Gasteiger partial charge in [-0.25, -0.2) is 9.78 Å². The topological polar surface area (TPSA) is 50.2 Å². The monoisotopic (exact) mass is 411 g/mol. The van der Waals surface area contributed by atoms with Gasteiger partial charge in [0.05, 0.1) is 25.4 Å². The Hall–Kier alpha value is -1.24. The third-order valence-electron chi connectivity index (χ3n) is 2.83. The quantitative estimate of drug-likeness (QED) is 0.630. The maximum absolute atomic E-state index is 11.5. The molecule has 1 N–H and O–H groups in total. The van der Waals surface area contributed by atoms with Crippen molar-refractivity contribution >= 4 is 60.1 Å². The summed E-state index contributed by atoms with van der Waals surface area (Å²) in [6.45, 7) is 0. The molecule has 1 aromatic carbocycles. The van der Waals surface area contributed by atoms with Gasteiger partial charge in [-0.1, -0.05) is 15.9 Å². The lowest BCUT2D eigenvalue weighted by atomic mass is 10.1. The van der Waals surface area contributed by atoms with Crippen LogP contribution in [-0.4, -0.2) is 16.1 Å². The minimum atomic E-state index is -0.952.